The second-order valence-corrected chi connectivity index (χ2v) is 3.45. The maximum Gasteiger partial charge on any atom is 0.416 e. The molecule has 0 aromatic heterocycles. The zero-order chi connectivity index (χ0) is 12.9. The molecular formula is C12H18F3N. The van der Waals surface area contributed by atoms with Crippen molar-refractivity contribution in [2.75, 3.05) is 19.0 Å². The number of rotatable bonds is 1. The van der Waals surface area contributed by atoms with E-state index in [-0.39, 0.29) is 0 Å². The van der Waals surface area contributed by atoms with Gasteiger partial charge in [-0.2, -0.15) is 13.2 Å². The summed E-state index contributed by atoms with van der Waals surface area (Å²) in [6, 6.07) is 4.01. The monoisotopic (exact) mass is 233 g/mol. The van der Waals surface area contributed by atoms with Crippen molar-refractivity contribution in [2.45, 2.75) is 26.9 Å². The number of aryl methyl sites for hydroxylation is 1. The van der Waals surface area contributed by atoms with Crippen molar-refractivity contribution in [2.24, 2.45) is 0 Å². The Morgan fingerprint density at radius 3 is 1.88 bits per heavy atom. The zero-order valence-corrected chi connectivity index (χ0v) is 10.3. The summed E-state index contributed by atoms with van der Waals surface area (Å²) in [7, 11) is 3.43. The molecule has 0 aliphatic heterocycles. The van der Waals surface area contributed by atoms with E-state index in [1.54, 1.807) is 32.0 Å². The lowest BCUT2D eigenvalue weighted by atomic mass is 10.1. The minimum atomic E-state index is -4.27. The van der Waals surface area contributed by atoms with Gasteiger partial charge in [0.25, 0.3) is 0 Å². The SMILES string of the molecule is CC.Cc1cc(N(C)C)cc(C(F)(F)F)c1. The summed E-state index contributed by atoms with van der Waals surface area (Å²) < 4.78 is 37.2. The molecule has 0 amide bonds. The number of benzene rings is 1. The topological polar surface area (TPSA) is 3.24 Å². The highest BCUT2D eigenvalue weighted by molar-refractivity contribution is 5.50. The summed E-state index contributed by atoms with van der Waals surface area (Å²) in [5.41, 5.74) is 0.585. The number of anilines is 1. The smallest absolute Gasteiger partial charge is 0.378 e. The number of alkyl halides is 3. The van der Waals surface area contributed by atoms with E-state index >= 15 is 0 Å². The minimum absolute atomic E-state index is 0.567. The first-order valence-corrected chi connectivity index (χ1v) is 5.17. The molecule has 16 heavy (non-hydrogen) atoms. The molecule has 0 aliphatic carbocycles. The molecule has 0 bridgehead atoms. The first-order chi connectivity index (χ1) is 7.30. The standard InChI is InChI=1S/C10H12F3N.C2H6/c1-7-4-8(10(11,12)13)6-9(5-7)14(2)3;1-2/h4-6H,1-3H3;1-2H3. The number of hydrogen-bond donors (Lipinski definition) is 0. The molecule has 92 valence electrons. The molecule has 0 unspecified atom stereocenters. The van der Waals surface area contributed by atoms with Gasteiger partial charge in [-0.3, -0.25) is 0 Å². The molecule has 1 aromatic carbocycles. The van der Waals surface area contributed by atoms with Gasteiger partial charge in [0.1, 0.15) is 0 Å². The minimum Gasteiger partial charge on any atom is -0.378 e. The molecular weight excluding hydrogens is 215 g/mol. The molecule has 0 heterocycles. The summed E-state index contributed by atoms with van der Waals surface area (Å²) in [6.45, 7) is 5.66. The number of nitrogens with zero attached hydrogens (tertiary/aromatic N) is 1. The Hall–Kier alpha value is -1.19. The summed E-state index contributed by atoms with van der Waals surface area (Å²) in [5, 5.41) is 0. The van der Waals surface area contributed by atoms with E-state index in [0.29, 0.717) is 11.3 Å². The van der Waals surface area contributed by atoms with Crippen LogP contribution >= 0.6 is 0 Å². The van der Waals surface area contributed by atoms with E-state index < -0.39 is 11.7 Å². The lowest BCUT2D eigenvalue weighted by Gasteiger charge is -2.16. The fourth-order valence-electron chi connectivity index (χ4n) is 1.18. The molecule has 0 atom stereocenters. The normalized spacial score (nSPS) is 10.5. The van der Waals surface area contributed by atoms with Crippen molar-refractivity contribution >= 4 is 5.69 Å². The highest BCUT2D eigenvalue weighted by atomic mass is 19.4. The van der Waals surface area contributed by atoms with Gasteiger partial charge in [-0.15, -0.1) is 0 Å². The van der Waals surface area contributed by atoms with Crippen molar-refractivity contribution in [1.82, 2.24) is 0 Å². The van der Waals surface area contributed by atoms with Crippen molar-refractivity contribution in [3.63, 3.8) is 0 Å². The van der Waals surface area contributed by atoms with E-state index in [0.717, 1.165) is 12.1 Å². The third-order valence-electron chi connectivity index (χ3n) is 1.91. The Kier molecular flexibility index (Phi) is 5.35. The number of halogens is 3. The van der Waals surface area contributed by atoms with Crippen LogP contribution in [0.3, 0.4) is 0 Å². The molecule has 0 N–H and O–H groups in total. The quantitative estimate of drug-likeness (QED) is 0.705. The van der Waals surface area contributed by atoms with E-state index in [4.69, 9.17) is 0 Å². The fourth-order valence-corrected chi connectivity index (χ4v) is 1.18. The predicted octanol–water partition coefficient (Wildman–Crippen LogP) is 4.11. The summed E-state index contributed by atoms with van der Waals surface area (Å²) in [5.74, 6) is 0. The molecule has 0 aliphatic rings. The highest BCUT2D eigenvalue weighted by Crippen LogP contribution is 2.32. The van der Waals surface area contributed by atoms with E-state index in [1.807, 2.05) is 13.8 Å². The maximum atomic E-state index is 12.4. The number of hydrogen-bond acceptors (Lipinski definition) is 1. The second kappa shape index (κ2) is 5.77. The van der Waals surface area contributed by atoms with E-state index in [2.05, 4.69) is 0 Å². The van der Waals surface area contributed by atoms with E-state index in [1.165, 1.54) is 0 Å². The largest absolute Gasteiger partial charge is 0.416 e. The Morgan fingerprint density at radius 1 is 1.00 bits per heavy atom. The van der Waals surface area contributed by atoms with Crippen LogP contribution in [0.5, 0.6) is 0 Å². The first-order valence-electron chi connectivity index (χ1n) is 5.17. The first kappa shape index (κ1) is 14.8. The molecule has 0 saturated carbocycles. The van der Waals surface area contributed by atoms with Crippen LogP contribution in [0.1, 0.15) is 25.0 Å². The van der Waals surface area contributed by atoms with Gasteiger partial charge in [-0.05, 0) is 30.7 Å². The van der Waals surface area contributed by atoms with Crippen molar-refractivity contribution in [3.8, 4) is 0 Å². The van der Waals surface area contributed by atoms with Crippen LogP contribution in [-0.4, -0.2) is 14.1 Å². The lowest BCUT2D eigenvalue weighted by Crippen LogP contribution is -2.12. The van der Waals surface area contributed by atoms with Crippen molar-refractivity contribution in [3.05, 3.63) is 29.3 Å². The van der Waals surface area contributed by atoms with Crippen LogP contribution < -0.4 is 4.90 Å². The summed E-state index contributed by atoms with van der Waals surface area (Å²) >= 11 is 0. The molecule has 0 saturated heterocycles. The van der Waals surface area contributed by atoms with Crippen LogP contribution in [0.2, 0.25) is 0 Å². The van der Waals surface area contributed by atoms with Gasteiger partial charge in [0, 0.05) is 19.8 Å². The van der Waals surface area contributed by atoms with Crippen molar-refractivity contribution < 1.29 is 13.2 Å². The summed E-state index contributed by atoms with van der Waals surface area (Å²) in [4.78, 5) is 1.66. The fraction of sp³-hybridized carbons (Fsp3) is 0.500. The Morgan fingerprint density at radius 2 is 1.50 bits per heavy atom. The molecule has 4 heteroatoms. The Bertz CT molecular complexity index is 330. The van der Waals surface area contributed by atoms with Gasteiger partial charge < -0.3 is 4.90 Å². The third-order valence-corrected chi connectivity index (χ3v) is 1.91. The van der Waals surface area contributed by atoms with Crippen LogP contribution in [0.25, 0.3) is 0 Å². The average molecular weight is 233 g/mol. The van der Waals surface area contributed by atoms with Crippen molar-refractivity contribution in [1.29, 1.82) is 0 Å². The Labute approximate surface area is 94.9 Å². The molecule has 1 rings (SSSR count). The maximum absolute atomic E-state index is 12.4. The predicted molar refractivity (Wildman–Crippen MR) is 61.9 cm³/mol. The molecule has 0 fully saturated rings. The highest BCUT2D eigenvalue weighted by Gasteiger charge is 2.30. The van der Waals surface area contributed by atoms with Crippen LogP contribution in [0.15, 0.2) is 18.2 Å². The molecule has 0 radical (unpaired) electrons. The Balaban J connectivity index is 0.00000106. The van der Waals surface area contributed by atoms with Gasteiger partial charge in [-0.1, -0.05) is 13.8 Å². The molecule has 1 nitrogen and oxygen atoms in total. The third kappa shape index (κ3) is 4.13. The van der Waals surface area contributed by atoms with Crippen LogP contribution in [0.4, 0.5) is 18.9 Å². The van der Waals surface area contributed by atoms with Gasteiger partial charge in [0.15, 0.2) is 0 Å². The zero-order valence-electron chi connectivity index (χ0n) is 10.3. The van der Waals surface area contributed by atoms with E-state index in [9.17, 15) is 13.2 Å². The second-order valence-electron chi connectivity index (χ2n) is 3.45. The lowest BCUT2D eigenvalue weighted by molar-refractivity contribution is -0.137. The van der Waals surface area contributed by atoms with Crippen LogP contribution in [-0.2, 0) is 6.18 Å². The average Bonchev–Trinajstić information content (AvgIpc) is 2.18. The van der Waals surface area contributed by atoms with Gasteiger partial charge in [-0.25, -0.2) is 0 Å². The van der Waals surface area contributed by atoms with Gasteiger partial charge in [0.2, 0.25) is 0 Å². The molecule has 0 spiro atoms. The van der Waals surface area contributed by atoms with Gasteiger partial charge in [0.05, 0.1) is 5.56 Å². The van der Waals surface area contributed by atoms with Gasteiger partial charge >= 0.3 is 6.18 Å². The van der Waals surface area contributed by atoms with Crippen LogP contribution in [0, 0.1) is 6.92 Å². The summed E-state index contributed by atoms with van der Waals surface area (Å²) in [6.07, 6.45) is -4.27. The molecule has 1 aromatic rings.